The Morgan fingerprint density at radius 3 is 2.78 bits per heavy atom. The van der Waals surface area contributed by atoms with E-state index in [1.54, 1.807) is 0 Å². The summed E-state index contributed by atoms with van der Waals surface area (Å²) in [7, 11) is 0. The van der Waals surface area contributed by atoms with Crippen molar-refractivity contribution in [2.45, 2.75) is 27.2 Å². The van der Waals surface area contributed by atoms with Crippen LogP contribution in [0.5, 0.6) is 0 Å². The minimum absolute atomic E-state index is 0.130. The highest BCUT2D eigenvalue weighted by Gasteiger charge is 2.21. The lowest BCUT2D eigenvalue weighted by molar-refractivity contribution is 0.499. The number of nitrogens with zero attached hydrogens (tertiary/aromatic N) is 2. The normalized spacial score (nSPS) is 14.0. The van der Waals surface area contributed by atoms with Crippen molar-refractivity contribution in [3.05, 3.63) is 95.8 Å². The molecule has 0 unspecified atom stereocenters. The van der Waals surface area contributed by atoms with Gasteiger partial charge < -0.3 is 10.3 Å². The lowest BCUT2D eigenvalue weighted by atomic mass is 9.87. The van der Waals surface area contributed by atoms with Crippen LogP contribution in [0.2, 0.25) is 0 Å². The van der Waals surface area contributed by atoms with Crippen LogP contribution >= 0.6 is 0 Å². The molecule has 0 bridgehead atoms. The van der Waals surface area contributed by atoms with Crippen LogP contribution in [0.3, 0.4) is 0 Å². The third-order valence-electron chi connectivity index (χ3n) is 6.19. The molecule has 1 aliphatic rings. The van der Waals surface area contributed by atoms with E-state index in [0.29, 0.717) is 0 Å². The number of fused-ring (bicyclic) bond motifs is 2. The number of aromatic nitrogens is 2. The molecule has 4 aromatic rings. The first kappa shape index (κ1) is 20.3. The standard InChI is InChI=1S/C28H28N4/c1-18(32-26-16-22(17-31-26)28(2,3)4)23-7-5-6-20-14-19(8-9-24(20)23)15-21-10-12-29-27-25(21)11-13-30-27/h5-14,16H,1,15,17H2,2-4H3,(H,29,30)(H,31,32). The van der Waals surface area contributed by atoms with Crippen LogP contribution in [-0.2, 0) is 6.42 Å². The van der Waals surface area contributed by atoms with E-state index in [1.807, 2.05) is 12.4 Å². The Labute approximate surface area is 188 Å². The molecule has 0 fully saturated rings. The minimum atomic E-state index is 0.130. The maximum Gasteiger partial charge on any atom is 0.137 e. The summed E-state index contributed by atoms with van der Waals surface area (Å²) in [6.07, 6.45) is 6.84. The van der Waals surface area contributed by atoms with Gasteiger partial charge >= 0.3 is 0 Å². The van der Waals surface area contributed by atoms with E-state index >= 15 is 0 Å². The maximum absolute atomic E-state index is 4.65. The molecular weight excluding hydrogens is 392 g/mol. The van der Waals surface area contributed by atoms with E-state index < -0.39 is 0 Å². The molecular formula is C28H28N4. The molecule has 0 saturated carbocycles. The number of benzene rings is 2. The van der Waals surface area contributed by atoms with Gasteiger partial charge in [-0.3, -0.25) is 4.99 Å². The first-order chi connectivity index (χ1) is 15.4. The summed E-state index contributed by atoms with van der Waals surface area (Å²) in [5.74, 6) is 0.891. The second kappa shape index (κ2) is 7.79. The lowest BCUT2D eigenvalue weighted by Crippen LogP contribution is -2.18. The van der Waals surface area contributed by atoms with Gasteiger partial charge in [-0.2, -0.15) is 0 Å². The van der Waals surface area contributed by atoms with Gasteiger partial charge in [0.25, 0.3) is 0 Å². The summed E-state index contributed by atoms with van der Waals surface area (Å²) in [4.78, 5) is 12.2. The Kier molecular flexibility index (Phi) is 4.93. The molecule has 0 saturated heterocycles. The SMILES string of the molecule is C=C(NC1=NCC(C(C)(C)C)=C1)c1cccc2cc(Cc3ccnc4[nH]ccc34)ccc12. The van der Waals surface area contributed by atoms with Gasteiger partial charge in [0.05, 0.1) is 6.54 Å². The lowest BCUT2D eigenvalue weighted by Gasteiger charge is -2.18. The molecule has 4 nitrogen and oxygen atoms in total. The van der Waals surface area contributed by atoms with Crippen LogP contribution in [0.15, 0.2) is 84.1 Å². The molecule has 2 aromatic heterocycles. The monoisotopic (exact) mass is 420 g/mol. The smallest absolute Gasteiger partial charge is 0.137 e. The van der Waals surface area contributed by atoms with E-state index in [9.17, 15) is 0 Å². The molecule has 2 aromatic carbocycles. The number of pyridine rings is 1. The number of aliphatic imine (C=N–C) groups is 1. The average Bonchev–Trinajstić information content (AvgIpc) is 3.43. The number of hydrogen-bond donors (Lipinski definition) is 2. The number of rotatable bonds is 4. The first-order valence-electron chi connectivity index (χ1n) is 11.0. The molecule has 5 rings (SSSR count). The molecule has 160 valence electrons. The molecule has 3 heterocycles. The zero-order valence-corrected chi connectivity index (χ0v) is 18.9. The largest absolute Gasteiger partial charge is 0.346 e. The van der Waals surface area contributed by atoms with Crippen LogP contribution < -0.4 is 5.32 Å². The Balaban J connectivity index is 1.40. The van der Waals surface area contributed by atoms with Crippen LogP contribution in [0.1, 0.15) is 37.5 Å². The van der Waals surface area contributed by atoms with Gasteiger partial charge in [0.1, 0.15) is 11.5 Å². The summed E-state index contributed by atoms with van der Waals surface area (Å²) in [6, 6.07) is 17.3. The molecule has 0 spiro atoms. The Hall–Kier alpha value is -3.66. The first-order valence-corrected chi connectivity index (χ1v) is 11.0. The molecule has 0 radical (unpaired) electrons. The molecule has 0 atom stereocenters. The van der Waals surface area contributed by atoms with Gasteiger partial charge in [0.2, 0.25) is 0 Å². The van der Waals surface area contributed by atoms with Gasteiger partial charge in [-0.15, -0.1) is 0 Å². The third-order valence-corrected chi connectivity index (χ3v) is 6.19. The van der Waals surface area contributed by atoms with Crippen molar-refractivity contribution in [1.82, 2.24) is 15.3 Å². The van der Waals surface area contributed by atoms with Crippen molar-refractivity contribution in [2.24, 2.45) is 10.4 Å². The fraction of sp³-hybridized carbons (Fsp3) is 0.214. The second-order valence-electron chi connectivity index (χ2n) is 9.47. The van der Waals surface area contributed by atoms with Gasteiger partial charge in [-0.1, -0.05) is 63.7 Å². The van der Waals surface area contributed by atoms with Crippen molar-refractivity contribution in [1.29, 1.82) is 0 Å². The van der Waals surface area contributed by atoms with Gasteiger partial charge in [-0.05, 0) is 57.5 Å². The maximum atomic E-state index is 4.65. The Morgan fingerprint density at radius 2 is 1.97 bits per heavy atom. The van der Waals surface area contributed by atoms with E-state index in [4.69, 9.17) is 0 Å². The Morgan fingerprint density at radius 1 is 1.09 bits per heavy atom. The van der Waals surface area contributed by atoms with Crippen molar-refractivity contribution in [3.8, 4) is 0 Å². The number of nitrogens with one attached hydrogen (secondary N) is 2. The van der Waals surface area contributed by atoms with Crippen LogP contribution in [0.25, 0.3) is 27.5 Å². The minimum Gasteiger partial charge on any atom is -0.346 e. The predicted molar refractivity (Wildman–Crippen MR) is 135 cm³/mol. The van der Waals surface area contributed by atoms with Crippen molar-refractivity contribution < 1.29 is 0 Å². The van der Waals surface area contributed by atoms with E-state index in [1.165, 1.54) is 32.9 Å². The summed E-state index contributed by atoms with van der Waals surface area (Å²) >= 11 is 0. The summed E-state index contributed by atoms with van der Waals surface area (Å²) in [5, 5.41) is 7.01. The number of H-pyrrole nitrogens is 1. The number of aromatic amines is 1. The number of amidine groups is 1. The third kappa shape index (κ3) is 3.84. The van der Waals surface area contributed by atoms with Crippen LogP contribution in [-0.4, -0.2) is 22.3 Å². The van der Waals surface area contributed by atoms with Crippen molar-refractivity contribution in [3.63, 3.8) is 0 Å². The summed E-state index contributed by atoms with van der Waals surface area (Å²) in [6.45, 7) is 11.7. The van der Waals surface area contributed by atoms with Crippen LogP contribution in [0.4, 0.5) is 0 Å². The van der Waals surface area contributed by atoms with Gasteiger partial charge in [0.15, 0.2) is 0 Å². The highest BCUT2D eigenvalue weighted by Crippen LogP contribution is 2.29. The van der Waals surface area contributed by atoms with Gasteiger partial charge in [-0.25, -0.2) is 4.98 Å². The molecule has 2 N–H and O–H groups in total. The average molecular weight is 421 g/mol. The molecule has 1 aliphatic heterocycles. The molecule has 0 amide bonds. The highest BCUT2D eigenvalue weighted by atomic mass is 15.0. The molecule has 32 heavy (non-hydrogen) atoms. The molecule has 4 heteroatoms. The highest BCUT2D eigenvalue weighted by molar-refractivity contribution is 6.03. The second-order valence-corrected chi connectivity index (χ2v) is 9.47. The van der Waals surface area contributed by atoms with Crippen molar-refractivity contribution >= 4 is 33.3 Å². The fourth-order valence-corrected chi connectivity index (χ4v) is 4.28. The fourth-order valence-electron chi connectivity index (χ4n) is 4.28. The zero-order valence-electron chi connectivity index (χ0n) is 18.9. The number of hydrogen-bond acceptors (Lipinski definition) is 3. The van der Waals surface area contributed by atoms with E-state index in [0.717, 1.165) is 35.7 Å². The van der Waals surface area contributed by atoms with Gasteiger partial charge in [0, 0.05) is 29.0 Å². The summed E-state index contributed by atoms with van der Waals surface area (Å²) < 4.78 is 0. The van der Waals surface area contributed by atoms with E-state index in [-0.39, 0.29) is 5.41 Å². The quantitative estimate of drug-likeness (QED) is 0.410. The Bertz CT molecular complexity index is 1400. The van der Waals surface area contributed by atoms with Crippen molar-refractivity contribution in [2.75, 3.05) is 6.54 Å². The van der Waals surface area contributed by atoms with E-state index in [2.05, 4.69) is 102 Å². The summed E-state index contributed by atoms with van der Waals surface area (Å²) in [5.41, 5.74) is 6.93. The molecule has 0 aliphatic carbocycles. The zero-order chi connectivity index (χ0) is 22.3. The topological polar surface area (TPSA) is 53.1 Å². The predicted octanol–water partition coefficient (Wildman–Crippen LogP) is 6.25. The van der Waals surface area contributed by atoms with Crippen LogP contribution in [0, 0.1) is 5.41 Å².